The van der Waals surface area contributed by atoms with Crippen LogP contribution in [0.5, 0.6) is 0 Å². The van der Waals surface area contributed by atoms with E-state index in [2.05, 4.69) is 48.1 Å². The van der Waals surface area contributed by atoms with Gasteiger partial charge in [-0.1, -0.05) is 12.1 Å². The van der Waals surface area contributed by atoms with Crippen LogP contribution in [0.15, 0.2) is 36.7 Å². The van der Waals surface area contributed by atoms with Gasteiger partial charge < -0.3 is 4.90 Å². The summed E-state index contributed by atoms with van der Waals surface area (Å²) in [5.41, 5.74) is 6.59. The second-order valence-corrected chi connectivity index (χ2v) is 4.37. The fraction of sp³-hybridized carbons (Fsp3) is 0.214. The van der Waals surface area contributed by atoms with E-state index in [4.69, 9.17) is 0 Å². The van der Waals surface area contributed by atoms with Crippen molar-refractivity contribution in [1.82, 2.24) is 4.98 Å². The molecule has 0 bridgehead atoms. The van der Waals surface area contributed by atoms with Crippen molar-refractivity contribution in [2.75, 3.05) is 11.9 Å². The number of nitrogens with zero attached hydrogens (tertiary/aromatic N) is 2. The second-order valence-electron chi connectivity index (χ2n) is 4.37. The predicted molar refractivity (Wildman–Crippen MR) is 66.3 cm³/mol. The van der Waals surface area contributed by atoms with Crippen LogP contribution >= 0.6 is 0 Å². The molecule has 2 aromatic rings. The number of hydrogen-bond donors (Lipinski definition) is 0. The summed E-state index contributed by atoms with van der Waals surface area (Å²) in [7, 11) is 2.12. The highest BCUT2D eigenvalue weighted by molar-refractivity contribution is 5.73. The van der Waals surface area contributed by atoms with Gasteiger partial charge in [-0.2, -0.15) is 0 Å². The molecule has 1 aliphatic rings. The van der Waals surface area contributed by atoms with E-state index < -0.39 is 0 Å². The summed E-state index contributed by atoms with van der Waals surface area (Å²) in [4.78, 5) is 6.45. The Hall–Kier alpha value is -1.83. The lowest BCUT2D eigenvalue weighted by molar-refractivity contribution is 1.03. The third-order valence-corrected chi connectivity index (χ3v) is 3.22. The van der Waals surface area contributed by atoms with Gasteiger partial charge >= 0.3 is 0 Å². The van der Waals surface area contributed by atoms with E-state index in [9.17, 15) is 0 Å². The number of rotatable bonds is 0. The average molecular weight is 210 g/mol. The fourth-order valence-corrected chi connectivity index (χ4v) is 2.35. The van der Waals surface area contributed by atoms with Gasteiger partial charge in [-0.3, -0.25) is 4.98 Å². The molecule has 0 fully saturated rings. The molecule has 0 spiro atoms. The van der Waals surface area contributed by atoms with E-state index in [-0.39, 0.29) is 0 Å². The van der Waals surface area contributed by atoms with Crippen LogP contribution in [0, 0.1) is 6.92 Å². The molecule has 1 aliphatic heterocycles. The van der Waals surface area contributed by atoms with Crippen LogP contribution in [0.1, 0.15) is 16.7 Å². The van der Waals surface area contributed by atoms with Crippen LogP contribution in [-0.4, -0.2) is 12.0 Å². The minimum Gasteiger partial charge on any atom is -0.344 e. The van der Waals surface area contributed by atoms with Crippen molar-refractivity contribution in [3.8, 4) is 0 Å². The highest BCUT2D eigenvalue weighted by Gasteiger charge is 2.19. The standard InChI is InChI=1S/C14H14N2/c1-10-3-4-11-8-12-9-15-6-5-13(12)16(2)14(11)7-10/h3-7,9H,8H2,1-2H3. The second kappa shape index (κ2) is 3.34. The lowest BCUT2D eigenvalue weighted by atomic mass is 9.96. The Bertz CT molecular complexity index is 546. The van der Waals surface area contributed by atoms with Gasteiger partial charge in [0.1, 0.15) is 0 Å². The van der Waals surface area contributed by atoms with E-state index in [1.807, 2.05) is 12.4 Å². The van der Waals surface area contributed by atoms with Crippen LogP contribution in [0.4, 0.5) is 11.4 Å². The number of aryl methyl sites for hydroxylation is 1. The van der Waals surface area contributed by atoms with Gasteiger partial charge in [0.25, 0.3) is 0 Å². The number of hydrogen-bond acceptors (Lipinski definition) is 2. The molecule has 80 valence electrons. The maximum Gasteiger partial charge on any atom is 0.0475 e. The Labute approximate surface area is 95.6 Å². The van der Waals surface area contributed by atoms with Crippen LogP contribution in [0.2, 0.25) is 0 Å². The Balaban J connectivity index is 2.19. The fourth-order valence-electron chi connectivity index (χ4n) is 2.35. The Morgan fingerprint density at radius 2 is 2.00 bits per heavy atom. The van der Waals surface area contributed by atoms with E-state index >= 15 is 0 Å². The van der Waals surface area contributed by atoms with Crippen molar-refractivity contribution in [3.05, 3.63) is 53.3 Å². The zero-order valence-corrected chi connectivity index (χ0v) is 9.57. The molecule has 1 aromatic carbocycles. The van der Waals surface area contributed by atoms with Crippen molar-refractivity contribution in [2.45, 2.75) is 13.3 Å². The monoisotopic (exact) mass is 210 g/mol. The van der Waals surface area contributed by atoms with Gasteiger partial charge in [-0.05, 0) is 35.7 Å². The summed E-state index contributed by atoms with van der Waals surface area (Å²) >= 11 is 0. The van der Waals surface area contributed by atoms with Crippen molar-refractivity contribution < 1.29 is 0 Å². The molecule has 2 heteroatoms. The molecule has 0 N–H and O–H groups in total. The summed E-state index contributed by atoms with van der Waals surface area (Å²) in [6.07, 6.45) is 4.81. The van der Waals surface area contributed by atoms with Gasteiger partial charge in [0, 0.05) is 37.2 Å². The molecule has 2 nitrogen and oxygen atoms in total. The Morgan fingerprint density at radius 3 is 2.88 bits per heavy atom. The maximum absolute atomic E-state index is 4.20. The maximum atomic E-state index is 4.20. The van der Waals surface area contributed by atoms with Crippen molar-refractivity contribution in [3.63, 3.8) is 0 Å². The third-order valence-electron chi connectivity index (χ3n) is 3.22. The number of pyridine rings is 1. The van der Waals surface area contributed by atoms with Crippen LogP contribution in [0.3, 0.4) is 0 Å². The van der Waals surface area contributed by atoms with Crippen molar-refractivity contribution in [2.24, 2.45) is 0 Å². The van der Waals surface area contributed by atoms with Crippen molar-refractivity contribution >= 4 is 11.4 Å². The molecule has 0 amide bonds. The lowest BCUT2D eigenvalue weighted by Crippen LogP contribution is -2.18. The first-order chi connectivity index (χ1) is 7.75. The zero-order chi connectivity index (χ0) is 11.1. The smallest absolute Gasteiger partial charge is 0.0475 e. The number of anilines is 2. The first-order valence-electron chi connectivity index (χ1n) is 5.52. The predicted octanol–water partition coefficient (Wildman–Crippen LogP) is 3.06. The molecule has 0 saturated carbocycles. The summed E-state index contributed by atoms with van der Waals surface area (Å²) in [5, 5.41) is 0. The Kier molecular flexibility index (Phi) is 1.96. The summed E-state index contributed by atoms with van der Waals surface area (Å²) < 4.78 is 0. The molecule has 0 unspecified atom stereocenters. The molecular formula is C14H14N2. The van der Waals surface area contributed by atoms with E-state index in [1.54, 1.807) is 0 Å². The molecule has 0 saturated heterocycles. The number of aromatic nitrogens is 1. The van der Waals surface area contributed by atoms with E-state index in [1.165, 1.54) is 28.1 Å². The normalized spacial score (nSPS) is 13.2. The summed E-state index contributed by atoms with van der Waals surface area (Å²) in [6, 6.07) is 8.73. The molecule has 0 aliphatic carbocycles. The number of benzene rings is 1. The number of fused-ring (bicyclic) bond motifs is 2. The molecule has 0 atom stereocenters. The minimum absolute atomic E-state index is 0.989. The SMILES string of the molecule is Cc1ccc2c(c1)N(C)c1ccncc1C2. The van der Waals surface area contributed by atoms with Gasteiger partial charge in [0.05, 0.1) is 0 Å². The zero-order valence-electron chi connectivity index (χ0n) is 9.57. The molecule has 1 aromatic heterocycles. The van der Waals surface area contributed by atoms with Crippen LogP contribution < -0.4 is 4.90 Å². The topological polar surface area (TPSA) is 16.1 Å². The summed E-state index contributed by atoms with van der Waals surface area (Å²) in [5.74, 6) is 0. The highest BCUT2D eigenvalue weighted by Crippen LogP contribution is 2.36. The molecular weight excluding hydrogens is 196 g/mol. The first-order valence-corrected chi connectivity index (χ1v) is 5.52. The average Bonchev–Trinajstić information content (AvgIpc) is 2.31. The highest BCUT2D eigenvalue weighted by atomic mass is 15.1. The van der Waals surface area contributed by atoms with Gasteiger partial charge in [0.15, 0.2) is 0 Å². The summed E-state index contributed by atoms with van der Waals surface area (Å²) in [6.45, 7) is 2.14. The van der Waals surface area contributed by atoms with E-state index in [0.717, 1.165) is 6.42 Å². The first kappa shape index (κ1) is 9.40. The third kappa shape index (κ3) is 1.30. The molecule has 3 rings (SSSR count). The van der Waals surface area contributed by atoms with Gasteiger partial charge in [-0.25, -0.2) is 0 Å². The molecule has 2 heterocycles. The molecule has 16 heavy (non-hydrogen) atoms. The minimum atomic E-state index is 0.989. The van der Waals surface area contributed by atoms with Crippen LogP contribution in [0.25, 0.3) is 0 Å². The van der Waals surface area contributed by atoms with Crippen LogP contribution in [-0.2, 0) is 6.42 Å². The van der Waals surface area contributed by atoms with Gasteiger partial charge in [-0.15, -0.1) is 0 Å². The lowest BCUT2D eigenvalue weighted by Gasteiger charge is -2.30. The largest absolute Gasteiger partial charge is 0.344 e. The Morgan fingerprint density at radius 1 is 1.12 bits per heavy atom. The quantitative estimate of drug-likeness (QED) is 0.664. The van der Waals surface area contributed by atoms with E-state index in [0.29, 0.717) is 0 Å². The van der Waals surface area contributed by atoms with Crippen molar-refractivity contribution in [1.29, 1.82) is 0 Å². The van der Waals surface area contributed by atoms with Gasteiger partial charge in [0.2, 0.25) is 0 Å². The molecule has 0 radical (unpaired) electrons.